The number of ether oxygens (including phenoxy) is 1. The van der Waals surface area contributed by atoms with Gasteiger partial charge in [-0.25, -0.2) is 0 Å². The zero-order valence-corrected chi connectivity index (χ0v) is 10.9. The number of hydrogen-bond donors (Lipinski definition) is 1. The Bertz CT molecular complexity index is 286. The number of nitrogens with two attached hydrogens (primary N) is 1. The summed E-state index contributed by atoms with van der Waals surface area (Å²) in [7, 11) is 1.68. The van der Waals surface area contributed by atoms with Gasteiger partial charge in [-0.15, -0.1) is 0 Å². The summed E-state index contributed by atoms with van der Waals surface area (Å²) in [6.45, 7) is 0. The van der Waals surface area contributed by atoms with Crippen LogP contribution in [0.3, 0.4) is 0 Å². The first kappa shape index (κ1) is 13.4. The van der Waals surface area contributed by atoms with Crippen molar-refractivity contribution in [2.24, 2.45) is 5.73 Å². The maximum absolute atomic E-state index is 6.08. The van der Waals surface area contributed by atoms with Crippen molar-refractivity contribution < 1.29 is 4.74 Å². The molecule has 0 fully saturated rings. The van der Waals surface area contributed by atoms with E-state index in [1.807, 2.05) is 23.9 Å². The van der Waals surface area contributed by atoms with Crippen LogP contribution < -0.4 is 10.5 Å². The van der Waals surface area contributed by atoms with Crippen LogP contribution >= 0.6 is 11.8 Å². The van der Waals surface area contributed by atoms with Crippen LogP contribution in [0.1, 0.15) is 18.4 Å². The Labute approximate surface area is 103 Å². The first-order valence-electron chi connectivity index (χ1n) is 5.63. The minimum Gasteiger partial charge on any atom is -0.497 e. The van der Waals surface area contributed by atoms with Crippen molar-refractivity contribution in [1.29, 1.82) is 0 Å². The van der Waals surface area contributed by atoms with Gasteiger partial charge in [0.2, 0.25) is 0 Å². The van der Waals surface area contributed by atoms with Gasteiger partial charge >= 0.3 is 0 Å². The molecule has 1 unspecified atom stereocenters. The topological polar surface area (TPSA) is 35.2 Å². The second kappa shape index (κ2) is 7.58. The number of thioether (sulfide) groups is 1. The molecule has 1 aromatic carbocycles. The Hall–Kier alpha value is -0.670. The van der Waals surface area contributed by atoms with Crippen LogP contribution in [-0.4, -0.2) is 25.2 Å². The molecular formula is C13H21NOS. The molecule has 0 aliphatic carbocycles. The fourth-order valence-electron chi connectivity index (χ4n) is 1.66. The van der Waals surface area contributed by atoms with Crippen LogP contribution in [0.4, 0.5) is 0 Å². The van der Waals surface area contributed by atoms with E-state index in [1.54, 1.807) is 7.11 Å². The highest BCUT2D eigenvalue weighted by Gasteiger charge is 2.03. The molecule has 0 aliphatic heterocycles. The summed E-state index contributed by atoms with van der Waals surface area (Å²) in [5.41, 5.74) is 7.37. The summed E-state index contributed by atoms with van der Waals surface area (Å²) in [6, 6.07) is 8.44. The standard InChI is InChI=1S/C13H21NOS/c1-15-13-7-5-11(6-8-13)10-12(14)4-3-9-16-2/h5-8,12H,3-4,9-10,14H2,1-2H3. The zero-order chi connectivity index (χ0) is 11.8. The third-order valence-electron chi connectivity index (χ3n) is 2.58. The van der Waals surface area contributed by atoms with E-state index in [0.29, 0.717) is 0 Å². The summed E-state index contributed by atoms with van der Waals surface area (Å²) in [6.07, 6.45) is 5.40. The lowest BCUT2D eigenvalue weighted by Crippen LogP contribution is -2.22. The van der Waals surface area contributed by atoms with Crippen molar-refractivity contribution in [2.45, 2.75) is 25.3 Å². The van der Waals surface area contributed by atoms with E-state index in [4.69, 9.17) is 10.5 Å². The van der Waals surface area contributed by atoms with Crippen molar-refractivity contribution >= 4 is 11.8 Å². The lowest BCUT2D eigenvalue weighted by molar-refractivity contribution is 0.414. The van der Waals surface area contributed by atoms with E-state index in [9.17, 15) is 0 Å². The van der Waals surface area contributed by atoms with Crippen molar-refractivity contribution in [3.8, 4) is 5.75 Å². The van der Waals surface area contributed by atoms with E-state index in [2.05, 4.69) is 18.4 Å². The molecule has 1 rings (SSSR count). The van der Waals surface area contributed by atoms with Gasteiger partial charge in [-0.1, -0.05) is 12.1 Å². The maximum atomic E-state index is 6.08. The average molecular weight is 239 g/mol. The van der Waals surface area contributed by atoms with Crippen LogP contribution in [0.15, 0.2) is 24.3 Å². The van der Waals surface area contributed by atoms with E-state index in [1.165, 1.54) is 17.7 Å². The first-order valence-corrected chi connectivity index (χ1v) is 7.03. The van der Waals surface area contributed by atoms with Gasteiger partial charge < -0.3 is 10.5 Å². The molecule has 0 radical (unpaired) electrons. The quantitative estimate of drug-likeness (QED) is 0.743. The highest BCUT2D eigenvalue weighted by atomic mass is 32.2. The number of methoxy groups -OCH3 is 1. The van der Waals surface area contributed by atoms with Crippen molar-refractivity contribution in [2.75, 3.05) is 19.1 Å². The minimum atomic E-state index is 0.278. The molecule has 0 bridgehead atoms. The van der Waals surface area contributed by atoms with Crippen LogP contribution in [0, 0.1) is 0 Å². The minimum absolute atomic E-state index is 0.278. The molecule has 16 heavy (non-hydrogen) atoms. The lowest BCUT2D eigenvalue weighted by atomic mass is 10.0. The molecule has 2 nitrogen and oxygen atoms in total. The molecule has 90 valence electrons. The molecule has 1 aromatic rings. The van der Waals surface area contributed by atoms with Gasteiger partial charge in [0.15, 0.2) is 0 Å². The Morgan fingerprint density at radius 1 is 1.31 bits per heavy atom. The molecule has 0 aliphatic rings. The fraction of sp³-hybridized carbons (Fsp3) is 0.538. The molecule has 0 aromatic heterocycles. The molecular weight excluding hydrogens is 218 g/mol. The van der Waals surface area contributed by atoms with E-state index in [0.717, 1.165) is 18.6 Å². The molecule has 3 heteroatoms. The second-order valence-electron chi connectivity index (χ2n) is 3.95. The SMILES string of the molecule is COc1ccc(CC(N)CCCSC)cc1. The molecule has 0 saturated heterocycles. The van der Waals surface area contributed by atoms with Gasteiger partial charge in [0.25, 0.3) is 0 Å². The van der Waals surface area contributed by atoms with E-state index < -0.39 is 0 Å². The first-order chi connectivity index (χ1) is 7.76. The highest BCUT2D eigenvalue weighted by molar-refractivity contribution is 7.98. The monoisotopic (exact) mass is 239 g/mol. The number of rotatable bonds is 7. The molecule has 0 amide bonds. The summed E-state index contributed by atoms with van der Waals surface area (Å²) < 4.78 is 5.12. The summed E-state index contributed by atoms with van der Waals surface area (Å²) >= 11 is 1.88. The number of hydrogen-bond acceptors (Lipinski definition) is 3. The van der Waals surface area contributed by atoms with Crippen LogP contribution in [0.5, 0.6) is 5.75 Å². The Balaban J connectivity index is 2.34. The molecule has 0 saturated carbocycles. The Morgan fingerprint density at radius 3 is 2.56 bits per heavy atom. The molecule has 1 atom stereocenters. The summed E-state index contributed by atoms with van der Waals surface area (Å²) in [5, 5.41) is 0. The molecule has 2 N–H and O–H groups in total. The van der Waals surface area contributed by atoms with E-state index >= 15 is 0 Å². The summed E-state index contributed by atoms with van der Waals surface area (Å²) in [5.74, 6) is 2.11. The van der Waals surface area contributed by atoms with Gasteiger partial charge in [-0.05, 0) is 49.0 Å². The van der Waals surface area contributed by atoms with Crippen LogP contribution in [-0.2, 0) is 6.42 Å². The lowest BCUT2D eigenvalue weighted by Gasteiger charge is -2.11. The van der Waals surface area contributed by atoms with Gasteiger partial charge in [0, 0.05) is 6.04 Å². The third kappa shape index (κ3) is 4.90. The predicted octanol–water partition coefficient (Wildman–Crippen LogP) is 2.71. The van der Waals surface area contributed by atoms with Gasteiger partial charge in [0.1, 0.15) is 5.75 Å². The normalized spacial score (nSPS) is 12.4. The Morgan fingerprint density at radius 2 is 2.00 bits per heavy atom. The predicted molar refractivity (Wildman–Crippen MR) is 72.3 cm³/mol. The zero-order valence-electron chi connectivity index (χ0n) is 10.1. The van der Waals surface area contributed by atoms with Crippen LogP contribution in [0.2, 0.25) is 0 Å². The summed E-state index contributed by atoms with van der Waals surface area (Å²) in [4.78, 5) is 0. The van der Waals surface area contributed by atoms with E-state index in [-0.39, 0.29) is 6.04 Å². The highest BCUT2D eigenvalue weighted by Crippen LogP contribution is 2.13. The van der Waals surface area contributed by atoms with Crippen molar-refractivity contribution in [1.82, 2.24) is 0 Å². The molecule has 0 spiro atoms. The third-order valence-corrected chi connectivity index (χ3v) is 3.28. The maximum Gasteiger partial charge on any atom is 0.118 e. The van der Waals surface area contributed by atoms with Gasteiger partial charge in [-0.3, -0.25) is 0 Å². The largest absolute Gasteiger partial charge is 0.497 e. The van der Waals surface area contributed by atoms with Gasteiger partial charge in [-0.2, -0.15) is 11.8 Å². The second-order valence-corrected chi connectivity index (χ2v) is 4.93. The Kier molecular flexibility index (Phi) is 6.34. The smallest absolute Gasteiger partial charge is 0.118 e. The average Bonchev–Trinajstić information content (AvgIpc) is 2.30. The molecule has 0 heterocycles. The van der Waals surface area contributed by atoms with Gasteiger partial charge in [0.05, 0.1) is 7.11 Å². The number of benzene rings is 1. The van der Waals surface area contributed by atoms with Crippen LogP contribution in [0.25, 0.3) is 0 Å². The van der Waals surface area contributed by atoms with Crippen molar-refractivity contribution in [3.05, 3.63) is 29.8 Å². The fourth-order valence-corrected chi connectivity index (χ4v) is 2.11. The van der Waals surface area contributed by atoms with Crippen molar-refractivity contribution in [3.63, 3.8) is 0 Å².